The SMILES string of the molecule is COc1ccc(C(NC(=O)/C=C/c2ccc(OC)c(OC)c2)c2ccc(F)cc2)cc1. The van der Waals surface area contributed by atoms with E-state index in [-0.39, 0.29) is 11.7 Å². The summed E-state index contributed by atoms with van der Waals surface area (Å²) in [7, 11) is 4.71. The summed E-state index contributed by atoms with van der Waals surface area (Å²) in [4.78, 5) is 12.7. The lowest BCUT2D eigenvalue weighted by Crippen LogP contribution is -2.27. The minimum Gasteiger partial charge on any atom is -0.497 e. The molecule has 3 rings (SSSR count). The van der Waals surface area contributed by atoms with Crippen LogP contribution in [0.4, 0.5) is 4.39 Å². The minimum atomic E-state index is -0.450. The van der Waals surface area contributed by atoms with Crippen molar-refractivity contribution >= 4 is 12.0 Å². The third kappa shape index (κ3) is 5.63. The molecule has 0 aliphatic rings. The van der Waals surface area contributed by atoms with Gasteiger partial charge in [-0.3, -0.25) is 4.79 Å². The standard InChI is InChI=1S/C25H24FNO4/c1-29-21-12-8-19(9-13-21)25(18-6-10-20(26)11-7-18)27-24(28)15-5-17-4-14-22(30-2)23(16-17)31-3/h4-16,25H,1-3H3,(H,27,28)/b15-5+. The zero-order chi connectivity index (χ0) is 22.2. The monoisotopic (exact) mass is 421 g/mol. The molecule has 31 heavy (non-hydrogen) atoms. The summed E-state index contributed by atoms with van der Waals surface area (Å²) in [5, 5.41) is 2.98. The lowest BCUT2D eigenvalue weighted by Gasteiger charge is -2.19. The van der Waals surface area contributed by atoms with Crippen LogP contribution in [0, 0.1) is 5.82 Å². The van der Waals surface area contributed by atoms with E-state index < -0.39 is 6.04 Å². The van der Waals surface area contributed by atoms with Gasteiger partial charge in [-0.25, -0.2) is 4.39 Å². The molecule has 1 amide bonds. The Morgan fingerprint density at radius 3 is 2.03 bits per heavy atom. The van der Waals surface area contributed by atoms with Gasteiger partial charge >= 0.3 is 0 Å². The molecule has 1 unspecified atom stereocenters. The molecule has 0 saturated heterocycles. The maximum absolute atomic E-state index is 13.4. The maximum atomic E-state index is 13.4. The van der Waals surface area contributed by atoms with Gasteiger partial charge in [0.2, 0.25) is 5.91 Å². The van der Waals surface area contributed by atoms with Gasteiger partial charge in [-0.05, 0) is 59.2 Å². The Kier molecular flexibility index (Phi) is 7.27. The van der Waals surface area contributed by atoms with Crippen molar-refractivity contribution < 1.29 is 23.4 Å². The summed E-state index contributed by atoms with van der Waals surface area (Å²) >= 11 is 0. The molecule has 3 aromatic carbocycles. The lowest BCUT2D eigenvalue weighted by atomic mass is 9.98. The molecule has 0 aliphatic heterocycles. The van der Waals surface area contributed by atoms with Crippen molar-refractivity contribution in [1.82, 2.24) is 5.32 Å². The minimum absolute atomic E-state index is 0.292. The van der Waals surface area contributed by atoms with Crippen LogP contribution in [0.25, 0.3) is 6.08 Å². The number of methoxy groups -OCH3 is 3. The Morgan fingerprint density at radius 1 is 0.839 bits per heavy atom. The first-order chi connectivity index (χ1) is 15.0. The predicted molar refractivity (Wildman–Crippen MR) is 118 cm³/mol. The van der Waals surface area contributed by atoms with Gasteiger partial charge in [-0.1, -0.05) is 30.3 Å². The average Bonchev–Trinajstić information content (AvgIpc) is 2.81. The highest BCUT2D eigenvalue weighted by Gasteiger charge is 2.16. The fourth-order valence-corrected chi connectivity index (χ4v) is 3.13. The van der Waals surface area contributed by atoms with E-state index in [9.17, 15) is 9.18 Å². The van der Waals surface area contributed by atoms with Crippen LogP contribution in [-0.4, -0.2) is 27.2 Å². The number of nitrogens with one attached hydrogen (secondary N) is 1. The zero-order valence-electron chi connectivity index (χ0n) is 17.6. The van der Waals surface area contributed by atoms with E-state index in [0.717, 1.165) is 16.7 Å². The third-order valence-electron chi connectivity index (χ3n) is 4.77. The molecule has 0 aliphatic carbocycles. The topological polar surface area (TPSA) is 56.8 Å². The number of rotatable bonds is 8. The fraction of sp³-hybridized carbons (Fsp3) is 0.160. The number of benzene rings is 3. The van der Waals surface area contributed by atoms with Gasteiger partial charge in [0, 0.05) is 6.08 Å². The first-order valence-corrected chi connectivity index (χ1v) is 9.64. The van der Waals surface area contributed by atoms with Gasteiger partial charge < -0.3 is 19.5 Å². The highest BCUT2D eigenvalue weighted by molar-refractivity contribution is 5.92. The van der Waals surface area contributed by atoms with E-state index in [1.807, 2.05) is 30.3 Å². The Balaban J connectivity index is 1.82. The van der Waals surface area contributed by atoms with Crippen molar-refractivity contribution in [3.8, 4) is 17.2 Å². The van der Waals surface area contributed by atoms with Crippen LogP contribution in [0.5, 0.6) is 17.2 Å². The Bertz CT molecular complexity index is 1050. The fourth-order valence-electron chi connectivity index (χ4n) is 3.13. The second-order valence-corrected chi connectivity index (χ2v) is 6.71. The molecule has 6 heteroatoms. The largest absolute Gasteiger partial charge is 0.497 e. The third-order valence-corrected chi connectivity index (χ3v) is 4.77. The molecule has 5 nitrogen and oxygen atoms in total. The Hall–Kier alpha value is -3.80. The van der Waals surface area contributed by atoms with Gasteiger partial charge in [0.15, 0.2) is 11.5 Å². The van der Waals surface area contributed by atoms with Crippen molar-refractivity contribution in [3.05, 3.63) is 95.3 Å². The lowest BCUT2D eigenvalue weighted by molar-refractivity contribution is -0.116. The summed E-state index contributed by atoms with van der Waals surface area (Å²) in [6.07, 6.45) is 3.13. The summed E-state index contributed by atoms with van der Waals surface area (Å²) in [6, 6.07) is 18.4. The molecule has 0 bridgehead atoms. The van der Waals surface area contributed by atoms with E-state index >= 15 is 0 Å². The van der Waals surface area contributed by atoms with Crippen LogP contribution < -0.4 is 19.5 Å². The molecule has 0 fully saturated rings. The van der Waals surface area contributed by atoms with Gasteiger partial charge in [0.05, 0.1) is 27.4 Å². The second-order valence-electron chi connectivity index (χ2n) is 6.71. The van der Waals surface area contributed by atoms with Crippen LogP contribution in [0.15, 0.2) is 72.8 Å². The van der Waals surface area contributed by atoms with Crippen LogP contribution in [0.1, 0.15) is 22.7 Å². The van der Waals surface area contributed by atoms with Crippen LogP contribution in [-0.2, 0) is 4.79 Å². The van der Waals surface area contributed by atoms with E-state index in [2.05, 4.69) is 5.32 Å². The van der Waals surface area contributed by atoms with Crippen molar-refractivity contribution in [3.63, 3.8) is 0 Å². The molecule has 1 atom stereocenters. The van der Waals surface area contributed by atoms with Crippen LogP contribution in [0.2, 0.25) is 0 Å². The van der Waals surface area contributed by atoms with Crippen molar-refractivity contribution in [2.45, 2.75) is 6.04 Å². The van der Waals surface area contributed by atoms with E-state index in [4.69, 9.17) is 14.2 Å². The van der Waals surface area contributed by atoms with E-state index in [0.29, 0.717) is 17.2 Å². The number of carbonyl (C=O) groups is 1. The van der Waals surface area contributed by atoms with Crippen molar-refractivity contribution in [2.24, 2.45) is 0 Å². The molecular weight excluding hydrogens is 397 g/mol. The number of amides is 1. The molecule has 0 aromatic heterocycles. The van der Waals surface area contributed by atoms with Gasteiger partial charge in [0.25, 0.3) is 0 Å². The maximum Gasteiger partial charge on any atom is 0.244 e. The van der Waals surface area contributed by atoms with Crippen molar-refractivity contribution in [1.29, 1.82) is 0 Å². The second kappa shape index (κ2) is 10.3. The molecule has 1 N–H and O–H groups in total. The zero-order valence-corrected chi connectivity index (χ0v) is 17.6. The highest BCUT2D eigenvalue weighted by Crippen LogP contribution is 2.28. The number of hydrogen-bond donors (Lipinski definition) is 1. The van der Waals surface area contributed by atoms with Crippen LogP contribution in [0.3, 0.4) is 0 Å². The molecular formula is C25H24FNO4. The molecule has 3 aromatic rings. The number of halogens is 1. The Morgan fingerprint density at radius 2 is 1.45 bits per heavy atom. The van der Waals surface area contributed by atoms with Gasteiger partial charge in [-0.2, -0.15) is 0 Å². The normalized spacial score (nSPS) is 11.7. The summed E-state index contributed by atoms with van der Waals surface area (Å²) in [5.41, 5.74) is 2.40. The summed E-state index contributed by atoms with van der Waals surface area (Å²) in [6.45, 7) is 0. The molecule has 0 radical (unpaired) electrons. The quantitative estimate of drug-likeness (QED) is 0.533. The smallest absolute Gasteiger partial charge is 0.244 e. The number of carbonyl (C=O) groups excluding carboxylic acids is 1. The summed E-state index contributed by atoms with van der Waals surface area (Å²) in [5.74, 6) is 1.27. The molecule has 0 heterocycles. The molecule has 0 spiro atoms. The number of ether oxygens (including phenoxy) is 3. The predicted octanol–water partition coefficient (Wildman–Crippen LogP) is 4.77. The average molecular weight is 421 g/mol. The molecule has 160 valence electrons. The van der Waals surface area contributed by atoms with Crippen LogP contribution >= 0.6 is 0 Å². The van der Waals surface area contributed by atoms with Crippen molar-refractivity contribution in [2.75, 3.05) is 21.3 Å². The van der Waals surface area contributed by atoms with Gasteiger partial charge in [0.1, 0.15) is 11.6 Å². The first kappa shape index (κ1) is 21.9. The van der Waals surface area contributed by atoms with E-state index in [1.54, 1.807) is 51.7 Å². The van der Waals surface area contributed by atoms with Gasteiger partial charge in [-0.15, -0.1) is 0 Å². The number of hydrogen-bond acceptors (Lipinski definition) is 4. The molecule has 0 saturated carbocycles. The first-order valence-electron chi connectivity index (χ1n) is 9.64. The Labute approximate surface area is 181 Å². The highest BCUT2D eigenvalue weighted by atomic mass is 19.1. The summed E-state index contributed by atoms with van der Waals surface area (Å²) < 4.78 is 29.1. The van der Waals surface area contributed by atoms with E-state index in [1.165, 1.54) is 18.2 Å².